The summed E-state index contributed by atoms with van der Waals surface area (Å²) in [6.07, 6.45) is 3.89. The maximum Gasteiger partial charge on any atom is 0.316 e. The molecule has 1 unspecified atom stereocenters. The summed E-state index contributed by atoms with van der Waals surface area (Å²) >= 11 is 5.49. The minimum absolute atomic E-state index is 0.345. The molecule has 1 aliphatic rings. The van der Waals surface area contributed by atoms with E-state index in [1.165, 1.54) is 5.69 Å². The molecule has 1 aromatic heterocycles. The zero-order valence-electron chi connectivity index (χ0n) is 8.69. The summed E-state index contributed by atoms with van der Waals surface area (Å²) in [6, 6.07) is 2.01. The van der Waals surface area contributed by atoms with Crippen LogP contribution in [0.15, 0.2) is 12.3 Å². The molecule has 2 heterocycles. The zero-order valence-corrected chi connectivity index (χ0v) is 9.44. The Bertz CT molecular complexity index is 363. The van der Waals surface area contributed by atoms with Gasteiger partial charge < -0.3 is 4.90 Å². The molecular weight excluding hydrogens is 214 g/mol. The highest BCUT2D eigenvalue weighted by molar-refractivity contribution is 6.62. The van der Waals surface area contributed by atoms with E-state index in [0.717, 1.165) is 19.4 Å². The van der Waals surface area contributed by atoms with Gasteiger partial charge >= 0.3 is 5.37 Å². The third-order valence-corrected chi connectivity index (χ3v) is 3.19. The van der Waals surface area contributed by atoms with Crippen LogP contribution in [0.5, 0.6) is 0 Å². The lowest BCUT2D eigenvalue weighted by atomic mass is 9.95. The molecule has 0 N–H and O–H groups in total. The van der Waals surface area contributed by atoms with Crippen LogP contribution in [0, 0.1) is 0 Å². The molecule has 82 valence electrons. The van der Waals surface area contributed by atoms with Crippen LogP contribution in [-0.4, -0.2) is 33.1 Å². The number of hydrogen-bond donors (Lipinski definition) is 0. The Kier molecular flexibility index (Phi) is 2.95. The van der Waals surface area contributed by atoms with Crippen LogP contribution in [0.4, 0.5) is 4.79 Å². The average Bonchev–Trinajstić information content (AvgIpc) is 2.64. The molecule has 0 radical (unpaired) electrons. The molecule has 2 rings (SSSR count). The summed E-state index contributed by atoms with van der Waals surface area (Å²) in [4.78, 5) is 12.8. The molecule has 4 nitrogen and oxygen atoms in total. The molecule has 1 aromatic rings. The third-order valence-electron chi connectivity index (χ3n) is 2.95. The molecule has 1 atom stereocenters. The Morgan fingerprint density at radius 2 is 2.47 bits per heavy atom. The maximum absolute atomic E-state index is 11.1. The number of aromatic nitrogens is 2. The largest absolute Gasteiger partial charge is 0.329 e. The van der Waals surface area contributed by atoms with Gasteiger partial charge in [0.2, 0.25) is 0 Å². The summed E-state index contributed by atoms with van der Waals surface area (Å²) in [5.41, 5.74) is 1.18. The molecule has 0 spiro atoms. The van der Waals surface area contributed by atoms with Gasteiger partial charge in [-0.25, -0.2) is 0 Å². The lowest BCUT2D eigenvalue weighted by Gasteiger charge is -2.31. The van der Waals surface area contributed by atoms with E-state index in [-0.39, 0.29) is 5.37 Å². The fourth-order valence-corrected chi connectivity index (χ4v) is 2.32. The normalized spacial score (nSPS) is 21.7. The Morgan fingerprint density at radius 3 is 3.07 bits per heavy atom. The van der Waals surface area contributed by atoms with E-state index in [9.17, 15) is 4.79 Å². The van der Waals surface area contributed by atoms with Crippen molar-refractivity contribution in [1.29, 1.82) is 0 Å². The summed E-state index contributed by atoms with van der Waals surface area (Å²) in [7, 11) is 1.93. The van der Waals surface area contributed by atoms with Crippen molar-refractivity contribution in [3.05, 3.63) is 18.0 Å². The molecule has 15 heavy (non-hydrogen) atoms. The predicted molar refractivity (Wildman–Crippen MR) is 58.0 cm³/mol. The number of piperidine rings is 1. The van der Waals surface area contributed by atoms with Gasteiger partial charge in [-0.3, -0.25) is 9.48 Å². The van der Waals surface area contributed by atoms with E-state index in [2.05, 4.69) is 5.10 Å². The van der Waals surface area contributed by atoms with Crippen LogP contribution in [0.3, 0.4) is 0 Å². The Balaban J connectivity index is 2.11. The number of nitrogens with zero attached hydrogens (tertiary/aromatic N) is 3. The summed E-state index contributed by atoms with van der Waals surface area (Å²) in [6.45, 7) is 1.48. The van der Waals surface area contributed by atoms with Crippen LogP contribution in [0.25, 0.3) is 0 Å². The SMILES string of the molecule is Cn1nccc1C1CCCN(C(=O)Cl)C1. The van der Waals surface area contributed by atoms with Gasteiger partial charge in [-0.15, -0.1) is 0 Å². The van der Waals surface area contributed by atoms with Gasteiger partial charge in [-0.05, 0) is 30.5 Å². The topological polar surface area (TPSA) is 38.1 Å². The van der Waals surface area contributed by atoms with Crippen molar-refractivity contribution in [2.45, 2.75) is 18.8 Å². The number of carbonyl (C=O) groups is 1. The van der Waals surface area contributed by atoms with E-state index in [1.54, 1.807) is 11.1 Å². The highest BCUT2D eigenvalue weighted by Crippen LogP contribution is 2.26. The van der Waals surface area contributed by atoms with Gasteiger partial charge in [0.15, 0.2) is 0 Å². The van der Waals surface area contributed by atoms with Gasteiger partial charge in [0.25, 0.3) is 0 Å². The summed E-state index contributed by atoms with van der Waals surface area (Å²) in [5.74, 6) is 0.369. The number of aryl methyl sites for hydroxylation is 1. The molecule has 1 fully saturated rings. The van der Waals surface area contributed by atoms with Crippen LogP contribution in [0.1, 0.15) is 24.5 Å². The van der Waals surface area contributed by atoms with Crippen molar-refractivity contribution in [2.75, 3.05) is 13.1 Å². The molecule has 1 saturated heterocycles. The molecule has 0 bridgehead atoms. The van der Waals surface area contributed by atoms with Crippen molar-refractivity contribution < 1.29 is 4.79 Å². The highest BCUT2D eigenvalue weighted by Gasteiger charge is 2.25. The maximum atomic E-state index is 11.1. The number of amides is 1. The Morgan fingerprint density at radius 1 is 1.67 bits per heavy atom. The number of rotatable bonds is 1. The van der Waals surface area contributed by atoms with Gasteiger partial charge in [0.1, 0.15) is 0 Å². The van der Waals surface area contributed by atoms with Crippen LogP contribution in [-0.2, 0) is 7.05 Å². The van der Waals surface area contributed by atoms with Crippen LogP contribution < -0.4 is 0 Å². The van der Waals surface area contributed by atoms with E-state index in [1.807, 2.05) is 17.8 Å². The molecule has 1 aliphatic heterocycles. The van der Waals surface area contributed by atoms with Crippen molar-refractivity contribution in [3.8, 4) is 0 Å². The molecule has 0 saturated carbocycles. The quantitative estimate of drug-likeness (QED) is 0.543. The van der Waals surface area contributed by atoms with Crippen LogP contribution in [0.2, 0.25) is 0 Å². The second-order valence-corrected chi connectivity index (χ2v) is 4.24. The first-order chi connectivity index (χ1) is 7.18. The Hall–Kier alpha value is -1.03. The fraction of sp³-hybridized carbons (Fsp3) is 0.600. The smallest absolute Gasteiger partial charge is 0.316 e. The van der Waals surface area contributed by atoms with Gasteiger partial charge in [0.05, 0.1) is 0 Å². The molecular formula is C10H14ClN3O. The molecule has 0 aromatic carbocycles. The van der Waals surface area contributed by atoms with Gasteiger partial charge in [-0.1, -0.05) is 0 Å². The Labute approximate surface area is 93.8 Å². The second kappa shape index (κ2) is 4.23. The third kappa shape index (κ3) is 2.15. The summed E-state index contributed by atoms with van der Waals surface area (Å²) < 4.78 is 1.87. The lowest BCUT2D eigenvalue weighted by Crippen LogP contribution is -2.36. The van der Waals surface area contributed by atoms with E-state index < -0.39 is 0 Å². The van der Waals surface area contributed by atoms with Gasteiger partial charge in [0, 0.05) is 37.9 Å². The summed E-state index contributed by atoms with van der Waals surface area (Å²) in [5, 5.41) is 3.80. The number of carbonyl (C=O) groups excluding carboxylic acids is 1. The monoisotopic (exact) mass is 227 g/mol. The second-order valence-electron chi connectivity index (χ2n) is 3.92. The molecule has 0 aliphatic carbocycles. The minimum atomic E-state index is -0.345. The van der Waals surface area contributed by atoms with E-state index >= 15 is 0 Å². The number of likely N-dealkylation sites (tertiary alicyclic amines) is 1. The zero-order chi connectivity index (χ0) is 10.8. The average molecular weight is 228 g/mol. The lowest BCUT2D eigenvalue weighted by molar-refractivity contribution is 0.201. The fourth-order valence-electron chi connectivity index (χ4n) is 2.16. The first-order valence-electron chi connectivity index (χ1n) is 5.11. The van der Waals surface area contributed by atoms with E-state index in [0.29, 0.717) is 12.5 Å². The van der Waals surface area contributed by atoms with Crippen molar-refractivity contribution in [1.82, 2.24) is 14.7 Å². The van der Waals surface area contributed by atoms with Crippen molar-refractivity contribution in [3.63, 3.8) is 0 Å². The van der Waals surface area contributed by atoms with Crippen molar-refractivity contribution >= 4 is 17.0 Å². The highest BCUT2D eigenvalue weighted by atomic mass is 35.5. The first-order valence-corrected chi connectivity index (χ1v) is 5.48. The number of halogens is 1. The van der Waals surface area contributed by atoms with E-state index in [4.69, 9.17) is 11.6 Å². The van der Waals surface area contributed by atoms with Crippen LogP contribution >= 0.6 is 11.6 Å². The van der Waals surface area contributed by atoms with Crippen molar-refractivity contribution in [2.24, 2.45) is 7.05 Å². The number of hydrogen-bond acceptors (Lipinski definition) is 2. The molecule has 1 amide bonds. The standard InChI is InChI=1S/C10H14ClN3O/c1-13-9(4-5-12-13)8-3-2-6-14(7-8)10(11)15/h4-5,8H,2-3,6-7H2,1H3. The van der Waals surface area contributed by atoms with Gasteiger partial charge in [-0.2, -0.15) is 5.10 Å². The predicted octanol–water partition coefficient (Wildman–Crippen LogP) is 1.96. The molecule has 5 heteroatoms. The first kappa shape index (κ1) is 10.5. The minimum Gasteiger partial charge on any atom is -0.329 e.